The van der Waals surface area contributed by atoms with Crippen molar-refractivity contribution in [2.45, 2.75) is 19.3 Å². The van der Waals surface area contributed by atoms with Crippen LogP contribution in [0.5, 0.6) is 0 Å². The summed E-state index contributed by atoms with van der Waals surface area (Å²) >= 11 is 2.57. The molecule has 0 radical (unpaired) electrons. The number of thioether (sulfide) groups is 2. The molecule has 1 fully saturated rings. The summed E-state index contributed by atoms with van der Waals surface area (Å²) in [5.74, 6) is 1.36. The molecule has 1 saturated heterocycles. The van der Waals surface area contributed by atoms with Gasteiger partial charge in [-0.15, -0.1) is 0 Å². The van der Waals surface area contributed by atoms with Crippen LogP contribution in [0.25, 0.3) is 0 Å². The first kappa shape index (κ1) is 15.0. The maximum Gasteiger partial charge on any atom is 0.189 e. The molecule has 1 aliphatic heterocycles. The average Bonchev–Trinajstić information content (AvgIpc) is 2.31. The molecule has 1 heterocycles. The molecular formula is C11H18O4S2. The van der Waals surface area contributed by atoms with Crippen LogP contribution in [0.4, 0.5) is 0 Å². The van der Waals surface area contributed by atoms with E-state index in [2.05, 4.69) is 0 Å². The van der Waals surface area contributed by atoms with Crippen LogP contribution in [0.2, 0.25) is 0 Å². The number of hydrogen-bond acceptors (Lipinski definition) is 6. The van der Waals surface area contributed by atoms with Gasteiger partial charge in [0, 0.05) is 24.3 Å². The molecule has 0 bridgehead atoms. The molecule has 0 saturated carbocycles. The predicted molar refractivity (Wildman–Crippen MR) is 70.4 cm³/mol. The standard InChI is InChI=1S/C11H18O4S2/c12-10-2-1-3-11(13)17-9-7-15-5-4-14-6-8-16-10/h1-9H2. The van der Waals surface area contributed by atoms with Crippen LogP contribution in [0, 0.1) is 0 Å². The molecular weight excluding hydrogens is 260 g/mol. The lowest BCUT2D eigenvalue weighted by molar-refractivity contribution is -0.112. The van der Waals surface area contributed by atoms with Gasteiger partial charge < -0.3 is 9.47 Å². The lowest BCUT2D eigenvalue weighted by Crippen LogP contribution is -2.08. The molecule has 4 nitrogen and oxygen atoms in total. The minimum absolute atomic E-state index is 0.150. The lowest BCUT2D eigenvalue weighted by Gasteiger charge is -2.04. The van der Waals surface area contributed by atoms with Crippen LogP contribution in [-0.2, 0) is 19.1 Å². The van der Waals surface area contributed by atoms with Gasteiger partial charge in [0.05, 0.1) is 26.4 Å². The predicted octanol–water partition coefficient (Wildman–Crippen LogP) is 1.72. The molecule has 98 valence electrons. The van der Waals surface area contributed by atoms with Crippen molar-refractivity contribution < 1.29 is 19.1 Å². The zero-order valence-corrected chi connectivity index (χ0v) is 11.4. The SMILES string of the molecule is O=C1CCCC(=O)SCCOCCOCCS1. The smallest absolute Gasteiger partial charge is 0.189 e. The summed E-state index contributed by atoms with van der Waals surface area (Å²) in [5, 5.41) is 0.301. The van der Waals surface area contributed by atoms with E-state index in [9.17, 15) is 9.59 Å². The third-order valence-electron chi connectivity index (χ3n) is 2.12. The van der Waals surface area contributed by atoms with E-state index in [1.165, 1.54) is 23.5 Å². The van der Waals surface area contributed by atoms with Crippen molar-refractivity contribution in [2.75, 3.05) is 37.9 Å². The summed E-state index contributed by atoms with van der Waals surface area (Å²) in [5.41, 5.74) is 0. The van der Waals surface area contributed by atoms with Gasteiger partial charge >= 0.3 is 0 Å². The molecule has 17 heavy (non-hydrogen) atoms. The third-order valence-corrected chi connectivity index (χ3v) is 3.91. The first-order chi connectivity index (χ1) is 8.29. The number of rotatable bonds is 0. The Labute approximate surface area is 110 Å². The van der Waals surface area contributed by atoms with Gasteiger partial charge in [0.15, 0.2) is 10.2 Å². The molecule has 0 atom stereocenters. The summed E-state index contributed by atoms with van der Waals surface area (Å²) in [4.78, 5) is 22.8. The Kier molecular flexibility index (Phi) is 8.78. The summed E-state index contributed by atoms with van der Waals surface area (Å²) < 4.78 is 10.6. The third kappa shape index (κ3) is 8.65. The van der Waals surface area contributed by atoms with Gasteiger partial charge in [0.25, 0.3) is 0 Å². The Balaban J connectivity index is 2.24. The lowest BCUT2D eigenvalue weighted by atomic mass is 10.3. The first-order valence-corrected chi connectivity index (χ1v) is 7.73. The van der Waals surface area contributed by atoms with Crippen molar-refractivity contribution in [3.8, 4) is 0 Å². The van der Waals surface area contributed by atoms with Crippen molar-refractivity contribution in [3.63, 3.8) is 0 Å². The van der Waals surface area contributed by atoms with Crippen molar-refractivity contribution in [3.05, 3.63) is 0 Å². The summed E-state index contributed by atoms with van der Waals surface area (Å²) in [7, 11) is 0. The zero-order valence-electron chi connectivity index (χ0n) is 9.81. The Morgan fingerprint density at radius 2 is 1.24 bits per heavy atom. The summed E-state index contributed by atoms with van der Waals surface area (Å²) in [6.07, 6.45) is 1.61. The number of hydrogen-bond donors (Lipinski definition) is 0. The Morgan fingerprint density at radius 3 is 1.71 bits per heavy atom. The normalized spacial score (nSPS) is 22.8. The molecule has 0 aromatic heterocycles. The number of carbonyl (C=O) groups is 2. The minimum atomic E-state index is 0.150. The summed E-state index contributed by atoms with van der Waals surface area (Å²) in [6.45, 7) is 2.25. The van der Waals surface area contributed by atoms with E-state index in [-0.39, 0.29) is 10.2 Å². The van der Waals surface area contributed by atoms with Crippen molar-refractivity contribution in [1.82, 2.24) is 0 Å². The fraction of sp³-hybridized carbons (Fsp3) is 0.818. The molecule has 0 N–H and O–H groups in total. The van der Waals surface area contributed by atoms with Gasteiger partial charge in [-0.3, -0.25) is 9.59 Å². The van der Waals surface area contributed by atoms with E-state index >= 15 is 0 Å². The Morgan fingerprint density at radius 1 is 0.765 bits per heavy atom. The Bertz CT molecular complexity index is 222. The van der Waals surface area contributed by atoms with Crippen LogP contribution >= 0.6 is 23.5 Å². The fourth-order valence-electron chi connectivity index (χ4n) is 1.27. The maximum absolute atomic E-state index is 11.4. The highest BCUT2D eigenvalue weighted by atomic mass is 32.2. The molecule has 0 spiro atoms. The van der Waals surface area contributed by atoms with Crippen LogP contribution in [0.1, 0.15) is 19.3 Å². The molecule has 0 aliphatic carbocycles. The monoisotopic (exact) mass is 278 g/mol. The van der Waals surface area contributed by atoms with Gasteiger partial charge in [-0.1, -0.05) is 23.5 Å². The second-order valence-corrected chi connectivity index (χ2v) is 5.82. The average molecular weight is 278 g/mol. The van der Waals surface area contributed by atoms with Crippen molar-refractivity contribution in [2.24, 2.45) is 0 Å². The maximum atomic E-state index is 11.4. The fourth-order valence-corrected chi connectivity index (χ4v) is 2.71. The quantitative estimate of drug-likeness (QED) is 0.672. The zero-order chi connectivity index (χ0) is 12.3. The topological polar surface area (TPSA) is 52.6 Å². The Hall–Kier alpha value is -0.0400. The van der Waals surface area contributed by atoms with E-state index in [1.54, 1.807) is 0 Å². The minimum Gasteiger partial charge on any atom is -0.378 e. The molecule has 0 unspecified atom stereocenters. The van der Waals surface area contributed by atoms with Gasteiger partial charge in [-0.25, -0.2) is 0 Å². The molecule has 0 aromatic carbocycles. The van der Waals surface area contributed by atoms with Crippen LogP contribution < -0.4 is 0 Å². The van der Waals surface area contributed by atoms with E-state index < -0.39 is 0 Å². The van der Waals surface area contributed by atoms with Crippen LogP contribution in [0.3, 0.4) is 0 Å². The van der Waals surface area contributed by atoms with Crippen LogP contribution in [0.15, 0.2) is 0 Å². The molecule has 6 heteroatoms. The highest BCUT2D eigenvalue weighted by Crippen LogP contribution is 2.13. The largest absolute Gasteiger partial charge is 0.378 e. The second-order valence-electron chi connectivity index (χ2n) is 3.52. The number of ether oxygens (including phenoxy) is 2. The van der Waals surface area contributed by atoms with Gasteiger partial charge in [-0.05, 0) is 6.42 Å². The van der Waals surface area contributed by atoms with E-state index in [0.717, 1.165) is 0 Å². The van der Waals surface area contributed by atoms with E-state index in [0.29, 0.717) is 57.2 Å². The highest BCUT2D eigenvalue weighted by Gasteiger charge is 2.07. The van der Waals surface area contributed by atoms with Gasteiger partial charge in [-0.2, -0.15) is 0 Å². The van der Waals surface area contributed by atoms with Crippen molar-refractivity contribution in [1.29, 1.82) is 0 Å². The van der Waals surface area contributed by atoms with Gasteiger partial charge in [0.2, 0.25) is 0 Å². The number of carbonyl (C=O) groups excluding carboxylic acids is 2. The van der Waals surface area contributed by atoms with Crippen molar-refractivity contribution >= 4 is 33.8 Å². The first-order valence-electron chi connectivity index (χ1n) is 5.76. The van der Waals surface area contributed by atoms with Crippen LogP contribution in [-0.4, -0.2) is 48.2 Å². The molecule has 0 aromatic rings. The molecule has 1 aliphatic rings. The van der Waals surface area contributed by atoms with Gasteiger partial charge in [0.1, 0.15) is 0 Å². The summed E-state index contributed by atoms with van der Waals surface area (Å²) in [6, 6.07) is 0. The van der Waals surface area contributed by atoms with E-state index in [1.807, 2.05) is 0 Å². The highest BCUT2D eigenvalue weighted by molar-refractivity contribution is 8.13. The van der Waals surface area contributed by atoms with E-state index in [4.69, 9.17) is 9.47 Å². The molecule has 0 amide bonds. The second kappa shape index (κ2) is 9.94. The molecule has 1 rings (SSSR count).